The molecule has 0 aliphatic carbocycles. The van der Waals surface area contributed by atoms with Gasteiger partial charge in [0, 0.05) is 56.0 Å². The Morgan fingerprint density at radius 2 is 1.75 bits per heavy atom. The van der Waals surface area contributed by atoms with Gasteiger partial charge >= 0.3 is 0 Å². The highest BCUT2D eigenvalue weighted by Crippen LogP contribution is 2.35. The topological polar surface area (TPSA) is 60.9 Å². The van der Waals surface area contributed by atoms with Crippen LogP contribution in [-0.2, 0) is 9.59 Å². The number of phenols is 1. The number of nitrogens with zero attached hydrogens (tertiary/aromatic N) is 2. The smallest absolute Gasteiger partial charge is 0.223 e. The van der Waals surface area contributed by atoms with Gasteiger partial charge in [-0.3, -0.25) is 9.59 Å². The Hall–Kier alpha value is -2.53. The SMILES string of the molecule is CC(=O)N1CCCN(C(=O)C[C@@H](c2cccc(Cl)c2)c2ccccc2O)CC1. The van der Waals surface area contributed by atoms with Crippen LogP contribution in [0.2, 0.25) is 5.02 Å². The largest absolute Gasteiger partial charge is 0.508 e. The lowest BCUT2D eigenvalue weighted by molar-refractivity contribution is -0.132. The normalized spacial score (nSPS) is 15.8. The maximum atomic E-state index is 13.1. The average molecular weight is 401 g/mol. The molecule has 28 heavy (non-hydrogen) atoms. The van der Waals surface area contributed by atoms with Gasteiger partial charge in [-0.1, -0.05) is 41.9 Å². The summed E-state index contributed by atoms with van der Waals surface area (Å²) >= 11 is 6.17. The van der Waals surface area contributed by atoms with Crippen LogP contribution >= 0.6 is 11.6 Å². The van der Waals surface area contributed by atoms with E-state index in [0.717, 1.165) is 12.0 Å². The number of benzene rings is 2. The molecule has 148 valence electrons. The van der Waals surface area contributed by atoms with Crippen molar-refractivity contribution in [2.24, 2.45) is 0 Å². The maximum absolute atomic E-state index is 13.1. The van der Waals surface area contributed by atoms with Gasteiger partial charge < -0.3 is 14.9 Å². The predicted octanol–water partition coefficient (Wildman–Crippen LogP) is 3.65. The van der Waals surface area contributed by atoms with Gasteiger partial charge in [0.25, 0.3) is 0 Å². The van der Waals surface area contributed by atoms with E-state index in [9.17, 15) is 14.7 Å². The Bertz CT molecular complexity index is 855. The van der Waals surface area contributed by atoms with Crippen molar-refractivity contribution < 1.29 is 14.7 Å². The van der Waals surface area contributed by atoms with E-state index in [1.165, 1.54) is 0 Å². The minimum atomic E-state index is -0.292. The molecule has 0 radical (unpaired) electrons. The summed E-state index contributed by atoms with van der Waals surface area (Å²) in [5, 5.41) is 11.0. The highest BCUT2D eigenvalue weighted by atomic mass is 35.5. The average Bonchev–Trinajstić information content (AvgIpc) is 2.93. The van der Waals surface area contributed by atoms with E-state index >= 15 is 0 Å². The van der Waals surface area contributed by atoms with Crippen molar-refractivity contribution in [1.82, 2.24) is 9.80 Å². The molecule has 1 aliphatic heterocycles. The Morgan fingerprint density at radius 1 is 1.04 bits per heavy atom. The molecule has 1 heterocycles. The second-order valence-electron chi connectivity index (χ2n) is 7.11. The standard InChI is InChI=1S/C22H25ClN2O3/c1-16(26)24-10-5-11-25(13-12-24)22(28)15-20(17-6-4-7-18(23)14-17)19-8-2-3-9-21(19)27/h2-4,6-9,14,20,27H,5,10-13,15H2,1H3/t20-/m0/s1. The van der Waals surface area contributed by atoms with Crippen LogP contribution in [0.25, 0.3) is 0 Å². The number of carbonyl (C=O) groups excluding carboxylic acids is 2. The zero-order chi connectivity index (χ0) is 20.1. The lowest BCUT2D eigenvalue weighted by Gasteiger charge is -2.25. The molecule has 1 aliphatic rings. The van der Waals surface area contributed by atoms with Crippen LogP contribution in [0.15, 0.2) is 48.5 Å². The Morgan fingerprint density at radius 3 is 2.46 bits per heavy atom. The number of carbonyl (C=O) groups is 2. The molecule has 6 heteroatoms. The molecule has 2 amide bonds. The highest BCUT2D eigenvalue weighted by molar-refractivity contribution is 6.30. The first-order chi connectivity index (χ1) is 13.5. The van der Waals surface area contributed by atoms with E-state index < -0.39 is 0 Å². The van der Waals surface area contributed by atoms with Crippen molar-refractivity contribution in [2.75, 3.05) is 26.2 Å². The minimum Gasteiger partial charge on any atom is -0.508 e. The lowest BCUT2D eigenvalue weighted by Crippen LogP contribution is -2.37. The Kier molecular flexibility index (Phi) is 6.57. The number of para-hydroxylation sites is 1. The van der Waals surface area contributed by atoms with E-state index in [-0.39, 0.29) is 29.9 Å². The highest BCUT2D eigenvalue weighted by Gasteiger charge is 2.26. The first-order valence-electron chi connectivity index (χ1n) is 9.52. The molecule has 3 rings (SSSR count). The van der Waals surface area contributed by atoms with Crippen LogP contribution in [0.4, 0.5) is 0 Å². The van der Waals surface area contributed by atoms with Crippen molar-refractivity contribution in [3.63, 3.8) is 0 Å². The summed E-state index contributed by atoms with van der Waals surface area (Å²) in [6.45, 7) is 3.95. The predicted molar refractivity (Wildman–Crippen MR) is 109 cm³/mol. The zero-order valence-electron chi connectivity index (χ0n) is 16.0. The molecule has 0 spiro atoms. The number of amides is 2. The van der Waals surface area contributed by atoms with Gasteiger partial charge in [-0.05, 0) is 30.2 Å². The van der Waals surface area contributed by atoms with Crippen molar-refractivity contribution in [3.8, 4) is 5.75 Å². The number of aromatic hydroxyl groups is 1. The van der Waals surface area contributed by atoms with Crippen molar-refractivity contribution in [3.05, 3.63) is 64.7 Å². The fourth-order valence-corrected chi connectivity index (χ4v) is 3.90. The van der Waals surface area contributed by atoms with Gasteiger partial charge in [0.2, 0.25) is 11.8 Å². The van der Waals surface area contributed by atoms with Gasteiger partial charge in [0.1, 0.15) is 5.75 Å². The monoisotopic (exact) mass is 400 g/mol. The van der Waals surface area contributed by atoms with Gasteiger partial charge in [-0.2, -0.15) is 0 Å². The minimum absolute atomic E-state index is 0.0126. The molecule has 0 bridgehead atoms. The molecule has 0 saturated carbocycles. The van der Waals surface area contributed by atoms with Crippen molar-refractivity contribution >= 4 is 23.4 Å². The fourth-order valence-electron chi connectivity index (χ4n) is 3.70. The van der Waals surface area contributed by atoms with E-state index in [1.807, 2.05) is 35.2 Å². The van der Waals surface area contributed by atoms with Gasteiger partial charge in [-0.15, -0.1) is 0 Å². The van der Waals surface area contributed by atoms with Crippen molar-refractivity contribution in [2.45, 2.75) is 25.7 Å². The van der Waals surface area contributed by atoms with Gasteiger partial charge in [0.05, 0.1) is 0 Å². The summed E-state index contributed by atoms with van der Waals surface area (Å²) < 4.78 is 0. The fraction of sp³-hybridized carbons (Fsp3) is 0.364. The van der Waals surface area contributed by atoms with Gasteiger partial charge in [-0.25, -0.2) is 0 Å². The molecular formula is C22H25ClN2O3. The third-order valence-electron chi connectivity index (χ3n) is 5.24. The molecule has 1 N–H and O–H groups in total. The summed E-state index contributed by atoms with van der Waals surface area (Å²) in [4.78, 5) is 28.3. The van der Waals surface area contributed by atoms with Gasteiger partial charge in [0.15, 0.2) is 0 Å². The number of rotatable bonds is 4. The summed E-state index contributed by atoms with van der Waals surface area (Å²) in [5.41, 5.74) is 1.60. The van der Waals surface area contributed by atoms with Crippen LogP contribution in [0.5, 0.6) is 5.75 Å². The second-order valence-corrected chi connectivity index (χ2v) is 7.55. The molecule has 1 atom stereocenters. The molecule has 1 fully saturated rings. The van der Waals surface area contributed by atoms with Crippen LogP contribution in [0, 0.1) is 0 Å². The van der Waals surface area contributed by atoms with E-state index in [1.54, 1.807) is 30.0 Å². The van der Waals surface area contributed by atoms with E-state index in [4.69, 9.17) is 11.6 Å². The van der Waals surface area contributed by atoms with E-state index in [2.05, 4.69) is 0 Å². The summed E-state index contributed by atoms with van der Waals surface area (Å²) in [7, 11) is 0. The molecule has 2 aromatic rings. The van der Waals surface area contributed by atoms with Crippen LogP contribution in [0.1, 0.15) is 36.8 Å². The third kappa shape index (κ3) is 4.84. The zero-order valence-corrected chi connectivity index (χ0v) is 16.7. The first kappa shape index (κ1) is 20.2. The third-order valence-corrected chi connectivity index (χ3v) is 5.47. The van der Waals surface area contributed by atoms with Crippen LogP contribution in [-0.4, -0.2) is 52.9 Å². The Labute approximate surface area is 170 Å². The first-order valence-corrected chi connectivity index (χ1v) is 9.90. The number of phenolic OH excluding ortho intramolecular Hbond substituents is 1. The number of hydrogen-bond donors (Lipinski definition) is 1. The number of halogens is 1. The molecule has 2 aromatic carbocycles. The summed E-state index contributed by atoms with van der Waals surface area (Å²) in [6, 6.07) is 14.5. The number of hydrogen-bond acceptors (Lipinski definition) is 3. The molecular weight excluding hydrogens is 376 g/mol. The molecule has 0 unspecified atom stereocenters. The van der Waals surface area contributed by atoms with Crippen LogP contribution < -0.4 is 0 Å². The van der Waals surface area contributed by atoms with E-state index in [0.29, 0.717) is 36.8 Å². The molecule has 1 saturated heterocycles. The lowest BCUT2D eigenvalue weighted by atomic mass is 9.87. The molecule has 5 nitrogen and oxygen atoms in total. The Balaban J connectivity index is 1.82. The molecule has 0 aromatic heterocycles. The quantitative estimate of drug-likeness (QED) is 0.852. The summed E-state index contributed by atoms with van der Waals surface area (Å²) in [6.07, 6.45) is 1.00. The van der Waals surface area contributed by atoms with Crippen LogP contribution in [0.3, 0.4) is 0 Å². The maximum Gasteiger partial charge on any atom is 0.223 e. The summed E-state index contributed by atoms with van der Waals surface area (Å²) in [5.74, 6) is -0.0719. The van der Waals surface area contributed by atoms with Crippen molar-refractivity contribution in [1.29, 1.82) is 0 Å². The second kappa shape index (κ2) is 9.11.